The topological polar surface area (TPSA) is 115 Å². The first-order valence-electron chi connectivity index (χ1n) is 12.1. The average Bonchev–Trinajstić information content (AvgIpc) is 2.87. The van der Waals surface area contributed by atoms with E-state index in [2.05, 4.69) is 43.2 Å². The maximum Gasteiger partial charge on any atom is 0.183 e. The van der Waals surface area contributed by atoms with Crippen molar-refractivity contribution in [3.63, 3.8) is 0 Å². The molecule has 2 aliphatic heterocycles. The van der Waals surface area contributed by atoms with E-state index in [4.69, 9.17) is 20.2 Å². The van der Waals surface area contributed by atoms with E-state index in [0.717, 1.165) is 25.1 Å². The molecule has 35 heavy (non-hydrogen) atoms. The van der Waals surface area contributed by atoms with E-state index in [0.29, 0.717) is 47.5 Å². The van der Waals surface area contributed by atoms with Crippen molar-refractivity contribution >= 4 is 17.0 Å². The summed E-state index contributed by atoms with van der Waals surface area (Å²) in [5, 5.41) is 3.61. The van der Waals surface area contributed by atoms with Crippen molar-refractivity contribution in [2.75, 3.05) is 52.3 Å². The molecule has 5 rings (SSSR count). The monoisotopic (exact) mass is 478 g/mol. The van der Waals surface area contributed by atoms with E-state index in [1.54, 1.807) is 32.9 Å². The highest BCUT2D eigenvalue weighted by atomic mass is 16.5. The molecular weight excluding hydrogens is 444 g/mol. The molecule has 1 aromatic carbocycles. The summed E-state index contributed by atoms with van der Waals surface area (Å²) in [6.07, 6.45) is 8.07. The zero-order valence-electron chi connectivity index (χ0n) is 20.6. The Kier molecular flexibility index (Phi) is 6.68. The molecule has 0 bridgehead atoms. The molecule has 2 aromatic heterocycles. The van der Waals surface area contributed by atoms with Crippen LogP contribution in [0.15, 0.2) is 36.9 Å². The first-order chi connectivity index (χ1) is 17.0. The molecule has 10 heteroatoms. The van der Waals surface area contributed by atoms with Crippen LogP contribution in [0.5, 0.6) is 11.5 Å². The summed E-state index contributed by atoms with van der Waals surface area (Å²) in [6, 6.07) is 5.92. The highest BCUT2D eigenvalue weighted by Gasteiger charge is 2.44. The van der Waals surface area contributed by atoms with E-state index in [-0.39, 0.29) is 6.04 Å². The molecule has 0 radical (unpaired) electrons. The number of anilines is 1. The number of benzene rings is 1. The highest BCUT2D eigenvalue weighted by Crippen LogP contribution is 2.41. The van der Waals surface area contributed by atoms with Gasteiger partial charge in [-0.15, -0.1) is 0 Å². The third kappa shape index (κ3) is 4.61. The molecule has 0 saturated carbocycles. The smallest absolute Gasteiger partial charge is 0.183 e. The third-order valence-corrected chi connectivity index (χ3v) is 7.20. The number of nitrogens with one attached hydrogen (secondary N) is 1. The van der Waals surface area contributed by atoms with Crippen LogP contribution in [0.25, 0.3) is 11.2 Å². The molecule has 3 aromatic rings. The SMILES string of the molecule is COc1ccc(C2CNCC(N)(CC3CCCN(C)C3)N2c2ncnc3nccnc23)cc1OC. The number of likely N-dealkylation sites (tertiary alicyclic amines) is 1. The average molecular weight is 479 g/mol. The molecule has 0 amide bonds. The number of piperidine rings is 1. The largest absolute Gasteiger partial charge is 0.493 e. The number of ether oxygens (including phenoxy) is 2. The van der Waals surface area contributed by atoms with Crippen LogP contribution in [0, 0.1) is 5.92 Å². The Labute approximate surface area is 205 Å². The molecule has 3 atom stereocenters. The summed E-state index contributed by atoms with van der Waals surface area (Å²) < 4.78 is 11.1. The minimum Gasteiger partial charge on any atom is -0.493 e. The number of rotatable bonds is 6. The summed E-state index contributed by atoms with van der Waals surface area (Å²) in [7, 11) is 5.48. The number of methoxy groups -OCH3 is 2. The Morgan fingerprint density at radius 2 is 1.94 bits per heavy atom. The van der Waals surface area contributed by atoms with Crippen molar-refractivity contribution < 1.29 is 9.47 Å². The van der Waals surface area contributed by atoms with Crippen LogP contribution < -0.4 is 25.4 Å². The number of aromatic nitrogens is 4. The van der Waals surface area contributed by atoms with Gasteiger partial charge in [-0.1, -0.05) is 6.07 Å². The summed E-state index contributed by atoms with van der Waals surface area (Å²) in [5.41, 5.74) is 8.92. The fraction of sp³-hybridized carbons (Fsp3) is 0.520. The Balaban J connectivity index is 1.62. The molecule has 0 aliphatic carbocycles. The van der Waals surface area contributed by atoms with E-state index < -0.39 is 5.66 Å². The van der Waals surface area contributed by atoms with Gasteiger partial charge < -0.3 is 30.3 Å². The number of nitrogens with zero attached hydrogens (tertiary/aromatic N) is 6. The van der Waals surface area contributed by atoms with Gasteiger partial charge in [-0.25, -0.2) is 19.9 Å². The molecular formula is C25H34N8O2. The normalized spacial score (nSPS) is 25.5. The van der Waals surface area contributed by atoms with E-state index in [1.165, 1.54) is 12.8 Å². The summed E-state index contributed by atoms with van der Waals surface area (Å²) in [6.45, 7) is 3.52. The second kappa shape index (κ2) is 9.88. The Bertz CT molecular complexity index is 1170. The first kappa shape index (κ1) is 23.7. The molecule has 3 unspecified atom stereocenters. The molecule has 2 aliphatic rings. The first-order valence-corrected chi connectivity index (χ1v) is 12.1. The minimum absolute atomic E-state index is 0.102. The van der Waals surface area contributed by atoms with Gasteiger partial charge in [-0.3, -0.25) is 0 Å². The molecule has 10 nitrogen and oxygen atoms in total. The van der Waals surface area contributed by atoms with E-state index >= 15 is 0 Å². The van der Waals surface area contributed by atoms with Gasteiger partial charge in [0.05, 0.1) is 20.3 Å². The second-order valence-corrected chi connectivity index (χ2v) is 9.64. The number of piperazine rings is 1. The number of fused-ring (bicyclic) bond motifs is 1. The van der Waals surface area contributed by atoms with Crippen molar-refractivity contribution in [1.82, 2.24) is 30.2 Å². The summed E-state index contributed by atoms with van der Waals surface area (Å²) in [4.78, 5) is 22.7. The van der Waals surface area contributed by atoms with Crippen LogP contribution in [-0.2, 0) is 0 Å². The minimum atomic E-state index is -0.683. The van der Waals surface area contributed by atoms with Gasteiger partial charge in [0.15, 0.2) is 28.5 Å². The summed E-state index contributed by atoms with van der Waals surface area (Å²) >= 11 is 0. The maximum atomic E-state index is 7.34. The van der Waals surface area contributed by atoms with Crippen molar-refractivity contribution in [3.05, 3.63) is 42.5 Å². The van der Waals surface area contributed by atoms with Gasteiger partial charge in [0.25, 0.3) is 0 Å². The van der Waals surface area contributed by atoms with Crippen LogP contribution in [0.1, 0.15) is 30.9 Å². The Morgan fingerprint density at radius 1 is 1.11 bits per heavy atom. The standard InChI is InChI=1S/C25H34N8O2/c1-32-10-4-5-17(14-32)12-25(26)15-27-13-19(18-6-7-20(34-2)21(11-18)35-3)33(25)24-22-23(30-16-31-24)29-9-8-28-22/h6-9,11,16-17,19,27H,4-5,10,12-15,26H2,1-3H3. The van der Waals surface area contributed by atoms with Crippen molar-refractivity contribution in [3.8, 4) is 11.5 Å². The van der Waals surface area contributed by atoms with Crippen molar-refractivity contribution in [1.29, 1.82) is 0 Å². The molecule has 4 heterocycles. The zero-order chi connectivity index (χ0) is 24.4. The van der Waals surface area contributed by atoms with Crippen LogP contribution in [0.2, 0.25) is 0 Å². The van der Waals surface area contributed by atoms with Gasteiger partial charge >= 0.3 is 0 Å². The fourth-order valence-electron chi connectivity index (χ4n) is 5.67. The predicted octanol–water partition coefficient (Wildman–Crippen LogP) is 1.97. The van der Waals surface area contributed by atoms with Crippen LogP contribution in [0.3, 0.4) is 0 Å². The van der Waals surface area contributed by atoms with E-state index in [9.17, 15) is 0 Å². The van der Waals surface area contributed by atoms with Crippen LogP contribution in [0.4, 0.5) is 5.82 Å². The van der Waals surface area contributed by atoms with Gasteiger partial charge in [0, 0.05) is 32.0 Å². The summed E-state index contributed by atoms with van der Waals surface area (Å²) in [5.74, 6) is 2.57. The van der Waals surface area contributed by atoms with Crippen LogP contribution in [-0.4, -0.2) is 77.9 Å². The lowest BCUT2D eigenvalue weighted by Crippen LogP contribution is -2.69. The number of nitrogens with two attached hydrogens (primary N) is 1. The molecule has 3 N–H and O–H groups in total. The van der Waals surface area contributed by atoms with Gasteiger partial charge in [-0.2, -0.15) is 0 Å². The van der Waals surface area contributed by atoms with Gasteiger partial charge in [0.2, 0.25) is 0 Å². The fourth-order valence-corrected chi connectivity index (χ4v) is 5.67. The lowest BCUT2D eigenvalue weighted by molar-refractivity contribution is 0.156. The van der Waals surface area contributed by atoms with Gasteiger partial charge in [-0.05, 0) is 56.5 Å². The van der Waals surface area contributed by atoms with Gasteiger partial charge in [0.1, 0.15) is 12.0 Å². The van der Waals surface area contributed by atoms with E-state index in [1.807, 2.05) is 12.1 Å². The van der Waals surface area contributed by atoms with Crippen molar-refractivity contribution in [2.45, 2.75) is 31.0 Å². The quantitative estimate of drug-likeness (QED) is 0.545. The molecule has 0 spiro atoms. The second-order valence-electron chi connectivity index (χ2n) is 9.64. The lowest BCUT2D eigenvalue weighted by Gasteiger charge is -2.52. The number of hydrogen-bond donors (Lipinski definition) is 2. The third-order valence-electron chi connectivity index (χ3n) is 7.20. The predicted molar refractivity (Wildman–Crippen MR) is 135 cm³/mol. The Morgan fingerprint density at radius 3 is 2.74 bits per heavy atom. The maximum absolute atomic E-state index is 7.34. The van der Waals surface area contributed by atoms with Crippen molar-refractivity contribution in [2.24, 2.45) is 11.7 Å². The zero-order valence-corrected chi connectivity index (χ0v) is 20.6. The highest BCUT2D eigenvalue weighted by molar-refractivity contribution is 5.83. The lowest BCUT2D eigenvalue weighted by atomic mass is 9.84. The molecule has 186 valence electrons. The Hall–Kier alpha value is -3.08. The van der Waals surface area contributed by atoms with Crippen LogP contribution >= 0.6 is 0 Å². The number of hydrogen-bond acceptors (Lipinski definition) is 10. The molecule has 2 saturated heterocycles. The molecule has 2 fully saturated rings.